The molecule has 3 aromatic rings. The van der Waals surface area contributed by atoms with Crippen molar-refractivity contribution < 1.29 is 28.2 Å². The Morgan fingerprint density at radius 3 is 2.39 bits per heavy atom. The van der Waals surface area contributed by atoms with Crippen LogP contribution in [-0.2, 0) is 9.59 Å². The first-order valence-electron chi connectivity index (χ1n) is 10.4. The van der Waals surface area contributed by atoms with Crippen molar-refractivity contribution in [3.63, 3.8) is 0 Å². The highest BCUT2D eigenvalue weighted by molar-refractivity contribution is 6.51. The average molecular weight is 449 g/mol. The molecule has 0 spiro atoms. The molecular weight excluding hydrogens is 428 g/mol. The van der Waals surface area contributed by atoms with Crippen LogP contribution in [-0.4, -0.2) is 22.9 Å². The maximum Gasteiger partial charge on any atom is 0.300 e. The summed E-state index contributed by atoms with van der Waals surface area (Å²) in [6.07, 6.45) is -0.117. The summed E-state index contributed by atoms with van der Waals surface area (Å²) >= 11 is 0. The van der Waals surface area contributed by atoms with Crippen LogP contribution in [0, 0.1) is 11.6 Å². The normalized spacial score (nSPS) is 17.6. The Labute approximate surface area is 189 Å². The van der Waals surface area contributed by atoms with E-state index in [2.05, 4.69) is 0 Å². The van der Waals surface area contributed by atoms with Gasteiger partial charge in [-0.25, -0.2) is 8.78 Å². The number of ketones is 1. The molecule has 7 heteroatoms. The number of hydrogen-bond donors (Lipinski definition) is 1. The summed E-state index contributed by atoms with van der Waals surface area (Å²) in [4.78, 5) is 27.0. The predicted molar refractivity (Wildman–Crippen MR) is 120 cm³/mol. The third-order valence-corrected chi connectivity index (χ3v) is 5.21. The third kappa shape index (κ3) is 4.22. The monoisotopic (exact) mass is 449 g/mol. The number of aliphatic hydroxyl groups excluding tert-OH is 1. The van der Waals surface area contributed by atoms with Gasteiger partial charge >= 0.3 is 0 Å². The van der Waals surface area contributed by atoms with E-state index in [0.29, 0.717) is 11.3 Å². The van der Waals surface area contributed by atoms with E-state index < -0.39 is 35.1 Å². The van der Waals surface area contributed by atoms with Crippen molar-refractivity contribution in [2.75, 3.05) is 4.90 Å². The number of ether oxygens (including phenoxy) is 1. The predicted octanol–water partition coefficient (Wildman–Crippen LogP) is 5.38. The van der Waals surface area contributed by atoms with E-state index in [9.17, 15) is 23.5 Å². The smallest absolute Gasteiger partial charge is 0.300 e. The van der Waals surface area contributed by atoms with E-state index in [1.54, 1.807) is 54.6 Å². The Kier molecular flexibility index (Phi) is 5.96. The molecule has 1 unspecified atom stereocenters. The molecule has 5 nitrogen and oxygen atoms in total. The summed E-state index contributed by atoms with van der Waals surface area (Å²) in [5.41, 5.74) is 0.0988. The Bertz CT molecular complexity index is 1250. The van der Waals surface area contributed by atoms with Crippen LogP contribution in [0.5, 0.6) is 5.75 Å². The van der Waals surface area contributed by atoms with Crippen molar-refractivity contribution in [1.82, 2.24) is 0 Å². The number of aliphatic hydroxyl groups is 1. The number of carbonyl (C=O) groups excluding carboxylic acids is 2. The Hall–Kier alpha value is -4.00. The van der Waals surface area contributed by atoms with Gasteiger partial charge in [0.05, 0.1) is 23.4 Å². The van der Waals surface area contributed by atoms with Crippen molar-refractivity contribution in [3.8, 4) is 5.75 Å². The molecule has 1 aliphatic rings. The third-order valence-electron chi connectivity index (χ3n) is 5.21. The van der Waals surface area contributed by atoms with Gasteiger partial charge in [-0.15, -0.1) is 0 Å². The molecule has 1 amide bonds. The lowest BCUT2D eigenvalue weighted by molar-refractivity contribution is -0.132. The summed E-state index contributed by atoms with van der Waals surface area (Å²) in [5.74, 6) is -3.67. The SMILES string of the molecule is CC(C)Oc1cccc(/C(O)=C2\C(=O)C(=O)N(c3cc(F)ccc3F)C2c2ccccc2)c1. The molecule has 1 heterocycles. The van der Waals surface area contributed by atoms with Crippen molar-refractivity contribution >= 4 is 23.1 Å². The highest BCUT2D eigenvalue weighted by Crippen LogP contribution is 2.43. The molecule has 1 aliphatic heterocycles. The zero-order chi connectivity index (χ0) is 23.7. The number of nitrogens with zero attached hydrogens (tertiary/aromatic N) is 1. The van der Waals surface area contributed by atoms with Crippen LogP contribution in [0.1, 0.15) is 31.0 Å². The lowest BCUT2D eigenvalue weighted by Crippen LogP contribution is -2.30. The number of hydrogen-bond acceptors (Lipinski definition) is 4. The summed E-state index contributed by atoms with van der Waals surface area (Å²) in [5, 5.41) is 11.1. The minimum absolute atomic E-state index is 0.117. The summed E-state index contributed by atoms with van der Waals surface area (Å²) < 4.78 is 34.3. The van der Waals surface area contributed by atoms with Crippen molar-refractivity contribution in [2.24, 2.45) is 0 Å². The van der Waals surface area contributed by atoms with E-state index in [1.165, 1.54) is 0 Å². The number of carbonyl (C=O) groups is 2. The zero-order valence-corrected chi connectivity index (χ0v) is 18.0. The van der Waals surface area contributed by atoms with Gasteiger partial charge < -0.3 is 9.84 Å². The van der Waals surface area contributed by atoms with E-state index in [1.807, 2.05) is 13.8 Å². The highest BCUT2D eigenvalue weighted by atomic mass is 19.1. The molecular formula is C26H21F2NO4. The Morgan fingerprint density at radius 2 is 1.70 bits per heavy atom. The summed E-state index contributed by atoms with van der Waals surface area (Å²) in [6.45, 7) is 3.70. The summed E-state index contributed by atoms with van der Waals surface area (Å²) in [7, 11) is 0. The number of amides is 1. The number of halogens is 2. The van der Waals surface area contributed by atoms with Gasteiger partial charge in [0, 0.05) is 11.6 Å². The van der Waals surface area contributed by atoms with Crippen molar-refractivity contribution in [1.29, 1.82) is 0 Å². The van der Waals surface area contributed by atoms with Gasteiger partial charge in [-0.05, 0) is 43.7 Å². The minimum Gasteiger partial charge on any atom is -0.507 e. The van der Waals surface area contributed by atoms with Gasteiger partial charge in [-0.3, -0.25) is 14.5 Å². The van der Waals surface area contributed by atoms with Crippen LogP contribution >= 0.6 is 0 Å². The Balaban J connectivity index is 1.93. The van der Waals surface area contributed by atoms with Crippen LogP contribution in [0.3, 0.4) is 0 Å². The highest BCUT2D eigenvalue weighted by Gasteiger charge is 2.47. The maximum atomic E-state index is 14.7. The van der Waals surface area contributed by atoms with Gasteiger partial charge in [-0.2, -0.15) is 0 Å². The van der Waals surface area contributed by atoms with Gasteiger partial charge in [0.2, 0.25) is 0 Å². The van der Waals surface area contributed by atoms with E-state index >= 15 is 0 Å². The second kappa shape index (κ2) is 8.86. The molecule has 1 N–H and O–H groups in total. The molecule has 0 aliphatic carbocycles. The van der Waals surface area contributed by atoms with Crippen LogP contribution in [0.4, 0.5) is 14.5 Å². The first kappa shape index (κ1) is 22.2. The molecule has 33 heavy (non-hydrogen) atoms. The standard InChI is InChI=1S/C26H21F2NO4/c1-15(2)33-19-10-6-9-17(13-19)24(30)22-23(16-7-4-3-5-8-16)29(26(32)25(22)31)21-14-18(27)11-12-20(21)28/h3-15,23,30H,1-2H3/b24-22+. The van der Waals surface area contributed by atoms with Crippen LogP contribution in [0.25, 0.3) is 5.76 Å². The molecule has 4 rings (SSSR count). The second-order valence-electron chi connectivity index (χ2n) is 7.87. The van der Waals surface area contributed by atoms with E-state index in [4.69, 9.17) is 4.74 Å². The van der Waals surface area contributed by atoms with Gasteiger partial charge in [0.15, 0.2) is 0 Å². The topological polar surface area (TPSA) is 66.8 Å². The number of rotatable bonds is 5. The van der Waals surface area contributed by atoms with Crippen LogP contribution < -0.4 is 9.64 Å². The lowest BCUT2D eigenvalue weighted by Gasteiger charge is -2.25. The number of anilines is 1. The molecule has 0 aromatic heterocycles. The molecule has 1 fully saturated rings. The quantitative estimate of drug-likeness (QED) is 0.323. The lowest BCUT2D eigenvalue weighted by atomic mass is 9.95. The van der Waals surface area contributed by atoms with E-state index in [0.717, 1.165) is 23.1 Å². The fourth-order valence-corrected chi connectivity index (χ4v) is 3.85. The molecule has 168 valence electrons. The summed E-state index contributed by atoms with van der Waals surface area (Å²) in [6, 6.07) is 16.4. The van der Waals surface area contributed by atoms with Crippen LogP contribution in [0.2, 0.25) is 0 Å². The fraction of sp³-hybridized carbons (Fsp3) is 0.154. The largest absolute Gasteiger partial charge is 0.507 e. The van der Waals surface area contributed by atoms with Gasteiger partial charge in [-0.1, -0.05) is 42.5 Å². The molecule has 1 saturated heterocycles. The molecule has 0 bridgehead atoms. The van der Waals surface area contributed by atoms with Gasteiger partial charge in [0.25, 0.3) is 11.7 Å². The molecule has 0 radical (unpaired) electrons. The Morgan fingerprint density at radius 1 is 0.970 bits per heavy atom. The number of Topliss-reactive ketones (excluding diaryl/α,β-unsaturated/α-hetero) is 1. The fourth-order valence-electron chi connectivity index (χ4n) is 3.85. The molecule has 3 aromatic carbocycles. The average Bonchev–Trinajstić information content (AvgIpc) is 3.06. The second-order valence-corrected chi connectivity index (χ2v) is 7.87. The first-order chi connectivity index (χ1) is 15.8. The zero-order valence-electron chi connectivity index (χ0n) is 18.0. The number of benzene rings is 3. The van der Waals surface area contributed by atoms with Crippen molar-refractivity contribution in [2.45, 2.75) is 26.0 Å². The van der Waals surface area contributed by atoms with Crippen molar-refractivity contribution in [3.05, 3.63) is 101 Å². The van der Waals surface area contributed by atoms with E-state index in [-0.39, 0.29) is 22.9 Å². The van der Waals surface area contributed by atoms with Crippen LogP contribution in [0.15, 0.2) is 78.4 Å². The minimum atomic E-state index is -1.16. The molecule has 0 saturated carbocycles. The first-order valence-corrected chi connectivity index (χ1v) is 10.4. The maximum absolute atomic E-state index is 14.7. The van der Waals surface area contributed by atoms with Gasteiger partial charge in [0.1, 0.15) is 23.1 Å². The molecule has 1 atom stereocenters.